The maximum atomic E-state index is 11.8. The van der Waals surface area contributed by atoms with Gasteiger partial charge in [0.1, 0.15) is 0 Å². The quantitative estimate of drug-likeness (QED) is 0.439. The minimum Gasteiger partial charge on any atom is -0.470 e. The minimum atomic E-state index is -5.19. The molecule has 0 N–H and O–H groups in total. The van der Waals surface area contributed by atoms with E-state index >= 15 is 0 Å². The Balaban J connectivity index is 2.96. The van der Waals surface area contributed by atoms with Gasteiger partial charge in [0.15, 0.2) is 0 Å². The van der Waals surface area contributed by atoms with Gasteiger partial charge >= 0.3 is 6.98 Å². The van der Waals surface area contributed by atoms with Crippen LogP contribution in [-0.2, 0) is 0 Å². The standard InChI is InChI=1S/C4H2BF4O/c6-4-2-1-3(10-4)5(7,8)9/h1-2H/q-1. The van der Waals surface area contributed by atoms with Gasteiger partial charge in [0.05, 0.1) is 5.66 Å². The summed E-state index contributed by atoms with van der Waals surface area (Å²) in [5.41, 5.74) is -1.25. The summed E-state index contributed by atoms with van der Waals surface area (Å²) in [5, 5.41) is 0. The molecule has 0 atom stereocenters. The number of halogens is 4. The summed E-state index contributed by atoms with van der Waals surface area (Å²) in [6.45, 7) is -5.19. The van der Waals surface area contributed by atoms with E-state index in [1.54, 1.807) is 0 Å². The van der Waals surface area contributed by atoms with Crippen LogP contribution < -0.4 is 5.66 Å². The molecular formula is C4H2BF4O-. The van der Waals surface area contributed by atoms with Gasteiger partial charge < -0.3 is 17.4 Å². The van der Waals surface area contributed by atoms with Gasteiger partial charge in [-0.05, 0) is 6.07 Å². The highest BCUT2D eigenvalue weighted by Gasteiger charge is 2.29. The molecule has 1 aromatic heterocycles. The molecule has 0 saturated carbocycles. The van der Waals surface area contributed by atoms with E-state index in [9.17, 15) is 17.3 Å². The van der Waals surface area contributed by atoms with E-state index in [4.69, 9.17) is 0 Å². The van der Waals surface area contributed by atoms with Gasteiger partial charge in [0, 0.05) is 6.07 Å². The number of rotatable bonds is 1. The lowest BCUT2D eigenvalue weighted by Crippen LogP contribution is -2.32. The van der Waals surface area contributed by atoms with E-state index in [0.717, 1.165) is 0 Å². The maximum Gasteiger partial charge on any atom is 0.544 e. The summed E-state index contributed by atoms with van der Waals surface area (Å²) in [6, 6.07) is -0.0194. The third-order valence-electron chi connectivity index (χ3n) is 0.917. The molecular weight excluding hydrogens is 151 g/mol. The van der Waals surface area contributed by atoms with Crippen LogP contribution in [0.25, 0.3) is 0 Å². The Bertz CT molecular complexity index is 227. The Labute approximate surface area is 53.7 Å². The largest absolute Gasteiger partial charge is 0.544 e. The van der Waals surface area contributed by atoms with Crippen LogP contribution >= 0.6 is 0 Å². The topological polar surface area (TPSA) is 13.1 Å². The molecule has 0 unspecified atom stereocenters. The average molecular weight is 153 g/mol. The van der Waals surface area contributed by atoms with Crippen LogP contribution in [0, 0.1) is 6.01 Å². The SMILES string of the molecule is Fc1ccc([B-](F)(F)F)o1. The number of furan rings is 1. The molecule has 1 nitrogen and oxygen atoms in total. The third kappa shape index (κ3) is 1.31. The van der Waals surface area contributed by atoms with Gasteiger partial charge in [-0.2, -0.15) is 4.39 Å². The molecule has 0 aliphatic heterocycles. The lowest BCUT2D eigenvalue weighted by atomic mass is 9.88. The van der Waals surface area contributed by atoms with Crippen molar-refractivity contribution in [3.63, 3.8) is 0 Å². The Hall–Kier alpha value is -0.935. The molecule has 0 amide bonds. The molecule has 0 aliphatic rings. The zero-order valence-electron chi connectivity index (χ0n) is 4.65. The molecule has 0 fully saturated rings. The normalized spacial score (nSPS) is 12.0. The first-order valence-electron chi connectivity index (χ1n) is 2.45. The van der Waals surface area contributed by atoms with Crippen LogP contribution in [0.15, 0.2) is 16.5 Å². The molecule has 1 heterocycles. The number of hydrogen-bond donors (Lipinski definition) is 0. The van der Waals surface area contributed by atoms with Crippen molar-refractivity contribution in [2.45, 2.75) is 0 Å². The van der Waals surface area contributed by atoms with E-state index in [1.807, 2.05) is 0 Å². The first kappa shape index (κ1) is 7.18. The van der Waals surface area contributed by atoms with Crippen molar-refractivity contribution in [2.75, 3.05) is 0 Å². The summed E-state index contributed by atoms with van der Waals surface area (Å²) in [5.74, 6) is 0. The van der Waals surface area contributed by atoms with Crippen molar-refractivity contribution in [3.8, 4) is 0 Å². The van der Waals surface area contributed by atoms with Gasteiger partial charge in [-0.3, -0.25) is 0 Å². The predicted octanol–water partition coefficient (Wildman–Crippen LogP) is 1.47. The molecule has 1 aromatic rings. The molecule has 56 valence electrons. The van der Waals surface area contributed by atoms with Crippen LogP contribution in [0.4, 0.5) is 17.3 Å². The molecule has 10 heavy (non-hydrogen) atoms. The highest BCUT2D eigenvalue weighted by Crippen LogP contribution is 2.09. The molecule has 0 saturated heterocycles. The fourth-order valence-electron chi connectivity index (χ4n) is 0.504. The van der Waals surface area contributed by atoms with Crippen molar-refractivity contribution in [1.29, 1.82) is 0 Å². The lowest BCUT2D eigenvalue weighted by molar-refractivity contribution is 0.358. The summed E-state index contributed by atoms with van der Waals surface area (Å²) in [4.78, 5) is 0. The smallest absolute Gasteiger partial charge is 0.470 e. The highest BCUT2D eigenvalue weighted by molar-refractivity contribution is 6.72. The van der Waals surface area contributed by atoms with Gasteiger partial charge in [-0.25, -0.2) is 0 Å². The first-order valence-corrected chi connectivity index (χ1v) is 2.45. The third-order valence-corrected chi connectivity index (χ3v) is 0.917. The Morgan fingerprint density at radius 1 is 1.20 bits per heavy atom. The van der Waals surface area contributed by atoms with Gasteiger partial charge in [0.25, 0.3) is 6.01 Å². The minimum absolute atomic E-state index is 0.565. The number of hydrogen-bond acceptors (Lipinski definition) is 1. The molecule has 0 radical (unpaired) electrons. The second kappa shape index (κ2) is 2.03. The van der Waals surface area contributed by atoms with E-state index in [2.05, 4.69) is 4.42 Å². The lowest BCUT2D eigenvalue weighted by Gasteiger charge is -2.08. The molecule has 0 aromatic carbocycles. The van der Waals surface area contributed by atoms with Gasteiger partial charge in [0.2, 0.25) is 0 Å². The summed E-state index contributed by atoms with van der Waals surface area (Å²) >= 11 is 0. The van der Waals surface area contributed by atoms with Gasteiger partial charge in [-0.1, -0.05) is 0 Å². The zero-order chi connectivity index (χ0) is 7.78. The Morgan fingerprint density at radius 2 is 1.80 bits per heavy atom. The van der Waals surface area contributed by atoms with Crippen LogP contribution in [-0.4, -0.2) is 6.98 Å². The Morgan fingerprint density at radius 3 is 2.00 bits per heavy atom. The van der Waals surface area contributed by atoms with E-state index in [0.29, 0.717) is 12.1 Å². The van der Waals surface area contributed by atoms with Crippen molar-refractivity contribution >= 4 is 12.6 Å². The summed E-state index contributed by atoms with van der Waals surface area (Å²) in [6.07, 6.45) is 0. The molecule has 0 spiro atoms. The average Bonchev–Trinajstić information content (AvgIpc) is 2.11. The zero-order valence-corrected chi connectivity index (χ0v) is 4.65. The monoisotopic (exact) mass is 153 g/mol. The predicted molar refractivity (Wildman–Crippen MR) is 27.4 cm³/mol. The first-order chi connectivity index (χ1) is 4.50. The van der Waals surface area contributed by atoms with Crippen molar-refractivity contribution in [1.82, 2.24) is 0 Å². The molecule has 0 aliphatic carbocycles. The second-order valence-corrected chi connectivity index (χ2v) is 1.72. The van der Waals surface area contributed by atoms with Crippen molar-refractivity contribution < 1.29 is 21.8 Å². The summed E-state index contributed by atoms with van der Waals surface area (Å²) in [7, 11) is 0. The maximum absolute atomic E-state index is 11.8. The fraction of sp³-hybridized carbons (Fsp3) is 0. The van der Waals surface area contributed by atoms with Gasteiger partial charge in [-0.15, -0.1) is 0 Å². The van der Waals surface area contributed by atoms with Crippen LogP contribution in [0.2, 0.25) is 0 Å². The van der Waals surface area contributed by atoms with Crippen LogP contribution in [0.5, 0.6) is 0 Å². The summed E-state index contributed by atoms with van der Waals surface area (Å²) < 4.78 is 50.3. The van der Waals surface area contributed by atoms with Crippen LogP contribution in [0.1, 0.15) is 0 Å². The van der Waals surface area contributed by atoms with E-state index in [-0.39, 0.29) is 0 Å². The highest BCUT2D eigenvalue weighted by atomic mass is 19.4. The molecule has 1 rings (SSSR count). The van der Waals surface area contributed by atoms with Crippen molar-refractivity contribution in [3.05, 3.63) is 18.1 Å². The molecule has 0 bridgehead atoms. The second-order valence-electron chi connectivity index (χ2n) is 1.72. The van der Waals surface area contributed by atoms with Crippen LogP contribution in [0.3, 0.4) is 0 Å². The van der Waals surface area contributed by atoms with E-state index < -0.39 is 18.7 Å². The molecule has 6 heteroatoms. The van der Waals surface area contributed by atoms with E-state index in [1.165, 1.54) is 0 Å². The van der Waals surface area contributed by atoms with Crippen molar-refractivity contribution in [2.24, 2.45) is 0 Å². The fourth-order valence-corrected chi connectivity index (χ4v) is 0.504. The Kier molecular flexibility index (Phi) is 1.46.